The molecule has 0 aromatic heterocycles. The first-order valence-electron chi connectivity index (χ1n) is 6.69. The first kappa shape index (κ1) is 14.4. The van der Waals surface area contributed by atoms with E-state index in [1.54, 1.807) is 12.1 Å². The van der Waals surface area contributed by atoms with E-state index in [0.717, 1.165) is 5.56 Å². The Bertz CT molecular complexity index is 527. The summed E-state index contributed by atoms with van der Waals surface area (Å²) in [5.74, 6) is -0.808. The lowest BCUT2D eigenvalue weighted by atomic mass is 10.1. The lowest BCUT2D eigenvalue weighted by Gasteiger charge is -2.14. The second-order valence-electron chi connectivity index (χ2n) is 5.22. The normalized spacial score (nSPS) is 21.5. The number of amides is 1. The van der Waals surface area contributed by atoms with Gasteiger partial charge in [0.2, 0.25) is 0 Å². The smallest absolute Gasteiger partial charge is 0.306 e. The van der Waals surface area contributed by atoms with E-state index >= 15 is 0 Å². The minimum atomic E-state index is -0.783. The molecule has 1 aromatic rings. The Morgan fingerprint density at radius 2 is 2.10 bits per heavy atom. The second-order valence-corrected chi connectivity index (χ2v) is 5.22. The number of hydrogen-bond donors (Lipinski definition) is 2. The Morgan fingerprint density at radius 3 is 2.70 bits per heavy atom. The van der Waals surface area contributed by atoms with Crippen LogP contribution >= 0.6 is 0 Å². The summed E-state index contributed by atoms with van der Waals surface area (Å²) in [6, 6.07) is 5.34. The van der Waals surface area contributed by atoms with Crippen LogP contribution in [0.1, 0.15) is 35.2 Å². The van der Waals surface area contributed by atoms with E-state index in [0.29, 0.717) is 30.6 Å². The van der Waals surface area contributed by atoms with Gasteiger partial charge in [0, 0.05) is 6.04 Å². The maximum absolute atomic E-state index is 12.3. The Morgan fingerprint density at radius 1 is 1.35 bits per heavy atom. The van der Waals surface area contributed by atoms with Crippen LogP contribution in [0, 0.1) is 12.8 Å². The van der Waals surface area contributed by atoms with Crippen molar-refractivity contribution in [3.63, 3.8) is 0 Å². The van der Waals surface area contributed by atoms with Gasteiger partial charge in [-0.2, -0.15) is 0 Å². The lowest BCUT2D eigenvalue weighted by Crippen LogP contribution is -2.33. The van der Waals surface area contributed by atoms with Gasteiger partial charge in [-0.3, -0.25) is 9.59 Å². The number of hydrogen-bond acceptors (Lipinski definition) is 3. The highest BCUT2D eigenvalue weighted by Gasteiger charge is 2.31. The molecular weight excluding hydrogens is 258 g/mol. The number of ether oxygens (including phenoxy) is 1. The van der Waals surface area contributed by atoms with E-state index in [-0.39, 0.29) is 17.9 Å². The van der Waals surface area contributed by atoms with Gasteiger partial charge in [-0.05, 0) is 38.3 Å². The molecule has 0 heterocycles. The molecule has 1 aliphatic rings. The van der Waals surface area contributed by atoms with E-state index in [1.807, 2.05) is 13.0 Å². The molecule has 2 unspecified atom stereocenters. The van der Waals surface area contributed by atoms with Crippen molar-refractivity contribution >= 4 is 11.9 Å². The molecule has 2 atom stereocenters. The largest absolute Gasteiger partial charge is 0.496 e. The van der Waals surface area contributed by atoms with Crippen molar-refractivity contribution in [2.75, 3.05) is 7.11 Å². The third-order valence-electron chi connectivity index (χ3n) is 3.72. The predicted octanol–water partition coefficient (Wildman–Crippen LogP) is 1.99. The monoisotopic (exact) mass is 277 g/mol. The molecular formula is C15H19NO4. The third-order valence-corrected chi connectivity index (χ3v) is 3.72. The zero-order chi connectivity index (χ0) is 14.7. The van der Waals surface area contributed by atoms with Crippen molar-refractivity contribution in [3.8, 4) is 5.75 Å². The Kier molecular flexibility index (Phi) is 4.27. The van der Waals surface area contributed by atoms with Crippen molar-refractivity contribution in [2.24, 2.45) is 5.92 Å². The van der Waals surface area contributed by atoms with Crippen LogP contribution < -0.4 is 10.1 Å². The number of methoxy groups -OCH3 is 1. The van der Waals surface area contributed by atoms with Crippen LogP contribution in [0.25, 0.3) is 0 Å². The van der Waals surface area contributed by atoms with Crippen molar-refractivity contribution in [3.05, 3.63) is 29.3 Å². The number of carboxylic acid groups (broad SMARTS) is 1. The third kappa shape index (κ3) is 3.10. The average molecular weight is 277 g/mol. The van der Waals surface area contributed by atoms with Crippen LogP contribution in [0.15, 0.2) is 18.2 Å². The SMILES string of the molecule is COc1ccc(C)cc1C(=O)NC1CCC(C(=O)O)C1. The summed E-state index contributed by atoms with van der Waals surface area (Å²) in [5, 5.41) is 11.9. The summed E-state index contributed by atoms with van der Waals surface area (Å²) in [6.07, 6.45) is 1.82. The van der Waals surface area contributed by atoms with Crippen LogP contribution in [0.3, 0.4) is 0 Å². The number of nitrogens with one attached hydrogen (secondary N) is 1. The lowest BCUT2D eigenvalue weighted by molar-refractivity contribution is -0.141. The van der Waals surface area contributed by atoms with Gasteiger partial charge in [0.15, 0.2) is 0 Å². The molecule has 0 saturated heterocycles. The Balaban J connectivity index is 2.06. The maximum Gasteiger partial charge on any atom is 0.306 e. The summed E-state index contributed by atoms with van der Waals surface area (Å²) in [7, 11) is 1.53. The minimum absolute atomic E-state index is 0.0752. The summed E-state index contributed by atoms with van der Waals surface area (Å²) in [4.78, 5) is 23.2. The van der Waals surface area contributed by atoms with Crippen LogP contribution in [-0.4, -0.2) is 30.1 Å². The number of aliphatic carboxylic acids is 1. The van der Waals surface area contributed by atoms with Crippen molar-refractivity contribution < 1.29 is 19.4 Å². The summed E-state index contributed by atoms with van der Waals surface area (Å²) in [6.45, 7) is 1.91. The molecule has 20 heavy (non-hydrogen) atoms. The highest BCUT2D eigenvalue weighted by Crippen LogP contribution is 2.27. The summed E-state index contributed by atoms with van der Waals surface area (Å²) >= 11 is 0. The molecule has 1 aliphatic carbocycles. The minimum Gasteiger partial charge on any atom is -0.496 e. The standard InChI is InChI=1S/C15H19NO4/c1-9-3-6-13(20-2)12(7-9)14(17)16-11-5-4-10(8-11)15(18)19/h3,6-7,10-11H,4-5,8H2,1-2H3,(H,16,17)(H,18,19). The van der Waals surface area contributed by atoms with Crippen LogP contribution in [0.5, 0.6) is 5.75 Å². The molecule has 0 spiro atoms. The van der Waals surface area contributed by atoms with Gasteiger partial charge in [0.05, 0.1) is 18.6 Å². The van der Waals surface area contributed by atoms with Gasteiger partial charge in [0.1, 0.15) is 5.75 Å². The Hall–Kier alpha value is -2.04. The first-order chi connectivity index (χ1) is 9.51. The second kappa shape index (κ2) is 5.94. The first-order valence-corrected chi connectivity index (χ1v) is 6.69. The molecule has 1 aromatic carbocycles. The van der Waals surface area contributed by atoms with Crippen molar-refractivity contribution in [1.82, 2.24) is 5.32 Å². The quantitative estimate of drug-likeness (QED) is 0.882. The molecule has 1 saturated carbocycles. The van der Waals surface area contributed by atoms with E-state index in [4.69, 9.17) is 9.84 Å². The van der Waals surface area contributed by atoms with Crippen molar-refractivity contribution in [1.29, 1.82) is 0 Å². The van der Waals surface area contributed by atoms with Crippen LogP contribution in [-0.2, 0) is 4.79 Å². The molecule has 0 aliphatic heterocycles. The van der Waals surface area contributed by atoms with Gasteiger partial charge < -0.3 is 15.2 Å². The molecule has 108 valence electrons. The molecule has 0 bridgehead atoms. The number of carbonyl (C=O) groups is 2. The maximum atomic E-state index is 12.3. The number of carboxylic acids is 1. The van der Waals surface area contributed by atoms with E-state index in [1.165, 1.54) is 7.11 Å². The fourth-order valence-corrected chi connectivity index (χ4v) is 2.60. The zero-order valence-corrected chi connectivity index (χ0v) is 11.7. The topological polar surface area (TPSA) is 75.6 Å². The molecule has 2 rings (SSSR count). The van der Waals surface area contributed by atoms with E-state index < -0.39 is 5.97 Å². The number of aryl methyl sites for hydroxylation is 1. The Labute approximate surface area is 117 Å². The molecule has 1 fully saturated rings. The van der Waals surface area contributed by atoms with Crippen LogP contribution in [0.2, 0.25) is 0 Å². The zero-order valence-electron chi connectivity index (χ0n) is 11.7. The molecule has 0 radical (unpaired) electrons. The van der Waals surface area contributed by atoms with Gasteiger partial charge >= 0.3 is 5.97 Å². The number of benzene rings is 1. The van der Waals surface area contributed by atoms with Gasteiger partial charge in [-0.15, -0.1) is 0 Å². The number of carbonyl (C=O) groups excluding carboxylic acids is 1. The van der Waals surface area contributed by atoms with Gasteiger partial charge in [-0.25, -0.2) is 0 Å². The fraction of sp³-hybridized carbons (Fsp3) is 0.467. The fourth-order valence-electron chi connectivity index (χ4n) is 2.60. The highest BCUT2D eigenvalue weighted by atomic mass is 16.5. The van der Waals surface area contributed by atoms with E-state index in [9.17, 15) is 9.59 Å². The predicted molar refractivity (Wildman–Crippen MR) is 74.0 cm³/mol. The molecule has 2 N–H and O–H groups in total. The molecule has 5 nitrogen and oxygen atoms in total. The molecule has 5 heteroatoms. The summed E-state index contributed by atoms with van der Waals surface area (Å²) in [5.41, 5.74) is 1.47. The number of rotatable bonds is 4. The van der Waals surface area contributed by atoms with Gasteiger partial charge in [0.25, 0.3) is 5.91 Å². The summed E-state index contributed by atoms with van der Waals surface area (Å²) < 4.78 is 5.19. The molecule has 1 amide bonds. The van der Waals surface area contributed by atoms with Gasteiger partial charge in [-0.1, -0.05) is 11.6 Å². The van der Waals surface area contributed by atoms with Crippen molar-refractivity contribution in [2.45, 2.75) is 32.2 Å². The van der Waals surface area contributed by atoms with E-state index in [2.05, 4.69) is 5.32 Å². The average Bonchev–Trinajstić information content (AvgIpc) is 2.87. The highest BCUT2D eigenvalue weighted by molar-refractivity contribution is 5.97. The van der Waals surface area contributed by atoms with Crippen LogP contribution in [0.4, 0.5) is 0 Å².